The van der Waals surface area contributed by atoms with Crippen molar-refractivity contribution in [2.24, 2.45) is 7.05 Å². The van der Waals surface area contributed by atoms with Gasteiger partial charge in [-0.3, -0.25) is 24.2 Å². The molecule has 3 heterocycles. The molecule has 0 bridgehead atoms. The number of amides is 1. The van der Waals surface area contributed by atoms with Crippen LogP contribution in [0.15, 0.2) is 67.1 Å². The molecule has 8 nitrogen and oxygen atoms in total. The molecule has 2 aromatic heterocycles. The maximum Gasteiger partial charge on any atom is 0.257 e. The maximum atomic E-state index is 16.3. The van der Waals surface area contributed by atoms with Crippen LogP contribution in [0.4, 0.5) is 8.78 Å². The van der Waals surface area contributed by atoms with Crippen LogP contribution in [-0.4, -0.2) is 48.7 Å². The third-order valence-corrected chi connectivity index (χ3v) is 7.49. The molecule has 1 aliphatic carbocycles. The van der Waals surface area contributed by atoms with E-state index in [-0.39, 0.29) is 35.4 Å². The highest BCUT2D eigenvalue weighted by atomic mass is 35.5. The fraction of sp³-hybridized carbons (Fsp3) is 0.241. The number of nitrogens with zero attached hydrogens (tertiary/aromatic N) is 4. The molecular formula is C29H23ClF2N4O4. The van der Waals surface area contributed by atoms with Gasteiger partial charge in [-0.1, -0.05) is 23.7 Å². The third-order valence-electron chi connectivity index (χ3n) is 7.24. The number of aromatic nitrogens is 3. The van der Waals surface area contributed by atoms with E-state index < -0.39 is 34.7 Å². The second-order valence-corrected chi connectivity index (χ2v) is 10.6. The zero-order valence-electron chi connectivity index (χ0n) is 21.3. The minimum absolute atomic E-state index is 0.0369. The largest absolute Gasteiger partial charge is 0.387 e. The average Bonchev–Trinajstić information content (AvgIpc) is 3.43. The van der Waals surface area contributed by atoms with Crippen molar-refractivity contribution >= 4 is 23.3 Å². The fourth-order valence-corrected chi connectivity index (χ4v) is 5.09. The number of hydrogen-bond acceptors (Lipinski definition) is 6. The highest BCUT2D eigenvalue weighted by Gasteiger charge is 2.56. The number of benzene rings is 2. The number of carbonyl (C=O) groups excluding carboxylic acids is 2. The summed E-state index contributed by atoms with van der Waals surface area (Å²) in [6.45, 7) is -0.369. The quantitative estimate of drug-likeness (QED) is 0.319. The lowest BCUT2D eigenvalue weighted by atomic mass is 9.90. The van der Waals surface area contributed by atoms with Crippen molar-refractivity contribution in [1.82, 2.24) is 19.7 Å². The van der Waals surface area contributed by atoms with Gasteiger partial charge >= 0.3 is 0 Å². The lowest BCUT2D eigenvalue weighted by Gasteiger charge is -2.40. The minimum Gasteiger partial charge on any atom is -0.387 e. The maximum absolute atomic E-state index is 16.3. The van der Waals surface area contributed by atoms with Gasteiger partial charge in [0, 0.05) is 29.4 Å². The van der Waals surface area contributed by atoms with Crippen molar-refractivity contribution in [2.75, 3.05) is 6.61 Å². The van der Waals surface area contributed by atoms with Gasteiger partial charge in [-0.05, 0) is 49.2 Å². The molecule has 2 aromatic carbocycles. The van der Waals surface area contributed by atoms with Gasteiger partial charge in [0.15, 0.2) is 11.5 Å². The second-order valence-electron chi connectivity index (χ2n) is 10.1. The average molecular weight is 565 g/mol. The molecule has 0 radical (unpaired) electrons. The van der Waals surface area contributed by atoms with E-state index in [0.29, 0.717) is 29.1 Å². The molecule has 0 saturated heterocycles. The van der Waals surface area contributed by atoms with Crippen molar-refractivity contribution < 1.29 is 28.2 Å². The molecule has 2 aliphatic rings. The van der Waals surface area contributed by atoms with E-state index in [1.165, 1.54) is 40.2 Å². The smallest absolute Gasteiger partial charge is 0.257 e. The highest BCUT2D eigenvalue weighted by Crippen LogP contribution is 2.49. The predicted octanol–water partition coefficient (Wildman–Crippen LogP) is 4.38. The second kappa shape index (κ2) is 9.58. The molecule has 0 unspecified atom stereocenters. The molecule has 204 valence electrons. The Kier molecular flexibility index (Phi) is 6.29. The number of rotatable bonds is 8. The number of fused-ring (bicyclic) bond motifs is 1. The number of ether oxygens (including phenoxy) is 1. The first-order chi connectivity index (χ1) is 19.1. The lowest BCUT2D eigenvalue weighted by molar-refractivity contribution is -0.139. The van der Waals surface area contributed by atoms with Crippen molar-refractivity contribution in [3.63, 3.8) is 0 Å². The molecule has 11 heteroatoms. The van der Waals surface area contributed by atoms with Gasteiger partial charge in [0.05, 0.1) is 53.5 Å². The molecule has 0 spiro atoms. The SMILES string of the molecule is Cn1cc(C(=O)c2cc(F)c3c(c2)C(=O)N(Cc2ccc(F)cn2)[C@@]3(OCC2(O)CC2)c2ccc(Cl)cc2)cn1. The summed E-state index contributed by atoms with van der Waals surface area (Å²) >= 11 is 6.15. The summed E-state index contributed by atoms with van der Waals surface area (Å²) in [5.74, 6) is -2.53. The number of halogens is 3. The number of hydrogen-bond donors (Lipinski definition) is 1. The topological polar surface area (TPSA) is 97.6 Å². The van der Waals surface area contributed by atoms with E-state index in [1.54, 1.807) is 31.3 Å². The van der Waals surface area contributed by atoms with E-state index in [2.05, 4.69) is 10.1 Å². The van der Waals surface area contributed by atoms with Gasteiger partial charge < -0.3 is 9.84 Å². The van der Waals surface area contributed by atoms with Crippen LogP contribution in [-0.2, 0) is 24.1 Å². The molecular weight excluding hydrogens is 542 g/mol. The first-order valence-corrected chi connectivity index (χ1v) is 12.9. The number of aryl methyl sites for hydroxylation is 1. The zero-order chi connectivity index (χ0) is 28.2. The summed E-state index contributed by atoms with van der Waals surface area (Å²) in [6.07, 6.45) is 4.86. The van der Waals surface area contributed by atoms with Crippen molar-refractivity contribution in [1.29, 1.82) is 0 Å². The zero-order valence-corrected chi connectivity index (χ0v) is 22.0. The standard InChI is InChI=1S/C29H23ClF2N4O4/c1-35-14-18(12-34-35)26(37)17-10-23-25(24(32)11-17)29(40-16-28(39)8-9-28,19-2-4-20(30)5-3-19)36(27(23)38)15-22-7-6-21(31)13-33-22/h2-7,10-14,39H,8-9,15-16H2,1H3/t29-/m1/s1. The Labute approximate surface area is 232 Å². The summed E-state index contributed by atoms with van der Waals surface area (Å²) in [4.78, 5) is 32.7. The molecule has 1 N–H and O–H groups in total. The van der Waals surface area contributed by atoms with Crippen LogP contribution in [0.3, 0.4) is 0 Å². The molecule has 1 fully saturated rings. The Morgan fingerprint density at radius 3 is 2.48 bits per heavy atom. The van der Waals surface area contributed by atoms with Gasteiger partial charge in [-0.25, -0.2) is 8.78 Å². The van der Waals surface area contributed by atoms with Crippen LogP contribution in [0.5, 0.6) is 0 Å². The monoisotopic (exact) mass is 564 g/mol. The van der Waals surface area contributed by atoms with Crippen LogP contribution in [0.1, 0.15) is 55.9 Å². The van der Waals surface area contributed by atoms with E-state index in [0.717, 1.165) is 12.3 Å². The van der Waals surface area contributed by atoms with Gasteiger partial charge in [0.2, 0.25) is 0 Å². The van der Waals surface area contributed by atoms with E-state index in [4.69, 9.17) is 16.3 Å². The van der Waals surface area contributed by atoms with Crippen LogP contribution in [0.2, 0.25) is 5.02 Å². The predicted molar refractivity (Wildman–Crippen MR) is 139 cm³/mol. The number of pyridine rings is 1. The lowest BCUT2D eigenvalue weighted by Crippen LogP contribution is -2.48. The van der Waals surface area contributed by atoms with Crippen LogP contribution in [0, 0.1) is 11.6 Å². The minimum atomic E-state index is -1.84. The van der Waals surface area contributed by atoms with Crippen LogP contribution < -0.4 is 0 Å². The fourth-order valence-electron chi connectivity index (χ4n) is 4.96. The van der Waals surface area contributed by atoms with E-state index >= 15 is 4.39 Å². The summed E-state index contributed by atoms with van der Waals surface area (Å²) in [7, 11) is 1.65. The number of ketones is 1. The molecule has 1 aliphatic heterocycles. The van der Waals surface area contributed by atoms with E-state index in [9.17, 15) is 19.1 Å². The first kappa shape index (κ1) is 26.2. The Morgan fingerprint density at radius 1 is 1.10 bits per heavy atom. The van der Waals surface area contributed by atoms with Crippen molar-refractivity contribution in [3.05, 3.63) is 117 Å². The van der Waals surface area contributed by atoms with Crippen LogP contribution >= 0.6 is 11.6 Å². The first-order valence-electron chi connectivity index (χ1n) is 12.5. The van der Waals surface area contributed by atoms with Crippen molar-refractivity contribution in [2.45, 2.75) is 30.7 Å². The van der Waals surface area contributed by atoms with Gasteiger partial charge in [0.1, 0.15) is 11.6 Å². The molecule has 40 heavy (non-hydrogen) atoms. The molecule has 4 aromatic rings. The van der Waals surface area contributed by atoms with Crippen LogP contribution in [0.25, 0.3) is 0 Å². The Balaban J connectivity index is 1.55. The van der Waals surface area contributed by atoms with Gasteiger partial charge in [-0.2, -0.15) is 5.10 Å². The summed E-state index contributed by atoms with van der Waals surface area (Å²) in [5, 5.41) is 15.1. The Morgan fingerprint density at radius 2 is 1.85 bits per heavy atom. The number of aliphatic hydroxyl groups is 1. The molecule has 6 rings (SSSR count). The highest BCUT2D eigenvalue weighted by molar-refractivity contribution is 6.30. The number of carbonyl (C=O) groups is 2. The summed E-state index contributed by atoms with van der Waals surface area (Å²) in [6, 6.07) is 11.4. The van der Waals surface area contributed by atoms with Gasteiger partial charge in [-0.15, -0.1) is 0 Å². The van der Waals surface area contributed by atoms with Crippen molar-refractivity contribution in [3.8, 4) is 0 Å². The molecule has 1 atom stereocenters. The van der Waals surface area contributed by atoms with Gasteiger partial charge in [0.25, 0.3) is 5.91 Å². The molecule has 1 amide bonds. The summed E-state index contributed by atoms with van der Waals surface area (Å²) in [5.41, 5.74) is -2.24. The normalized spacial score (nSPS) is 19.1. The third kappa shape index (κ3) is 4.47. The Hall–Kier alpha value is -3.99. The Bertz CT molecular complexity index is 1640. The van der Waals surface area contributed by atoms with E-state index in [1.807, 2.05) is 0 Å². The summed E-state index contributed by atoms with van der Waals surface area (Å²) < 4.78 is 37.7. The molecule has 1 saturated carbocycles.